The van der Waals surface area contributed by atoms with Gasteiger partial charge in [-0.15, -0.1) is 10.2 Å². The van der Waals surface area contributed by atoms with Gasteiger partial charge in [0.15, 0.2) is 11.0 Å². The molecule has 0 bridgehead atoms. The van der Waals surface area contributed by atoms with Crippen molar-refractivity contribution in [2.45, 2.75) is 12.1 Å². The molecule has 3 aromatic rings. The fraction of sp³-hybridized carbons (Fsp3) is 0.167. The highest BCUT2D eigenvalue weighted by Gasteiger charge is 2.13. The van der Waals surface area contributed by atoms with Crippen LogP contribution in [-0.2, 0) is 11.8 Å². The molecule has 0 saturated carbocycles. The van der Waals surface area contributed by atoms with Gasteiger partial charge in [0.05, 0.1) is 5.75 Å². The van der Waals surface area contributed by atoms with Crippen molar-refractivity contribution in [1.29, 1.82) is 0 Å². The van der Waals surface area contributed by atoms with Crippen LogP contribution in [0, 0.1) is 6.92 Å². The topological polar surface area (TPSA) is 59.8 Å². The lowest BCUT2D eigenvalue weighted by molar-refractivity contribution is -0.113. The smallest absolute Gasteiger partial charge is 0.234 e. The molecule has 0 aliphatic rings. The molecule has 0 atom stereocenters. The Hall–Kier alpha value is -2.31. The van der Waals surface area contributed by atoms with E-state index in [1.54, 1.807) is 0 Å². The highest BCUT2D eigenvalue weighted by Crippen LogP contribution is 2.24. The number of hydrogen-bond acceptors (Lipinski definition) is 4. The fourth-order valence-corrected chi connectivity index (χ4v) is 3.16. The second-order valence-electron chi connectivity index (χ2n) is 5.52. The Morgan fingerprint density at radius 1 is 1.16 bits per heavy atom. The molecule has 7 heteroatoms. The fourth-order valence-electron chi connectivity index (χ4n) is 2.32. The largest absolute Gasteiger partial charge is 0.325 e. The van der Waals surface area contributed by atoms with Gasteiger partial charge in [0.1, 0.15) is 0 Å². The van der Waals surface area contributed by atoms with E-state index in [1.807, 2.05) is 67.1 Å². The third-order valence-electron chi connectivity index (χ3n) is 3.69. The van der Waals surface area contributed by atoms with Crippen molar-refractivity contribution in [2.75, 3.05) is 11.1 Å². The van der Waals surface area contributed by atoms with Gasteiger partial charge in [-0.25, -0.2) is 0 Å². The van der Waals surface area contributed by atoms with Gasteiger partial charge in [0.25, 0.3) is 0 Å². The first-order valence-corrected chi connectivity index (χ1v) is 9.04. The third kappa shape index (κ3) is 4.21. The van der Waals surface area contributed by atoms with Crippen LogP contribution in [0.15, 0.2) is 53.7 Å². The van der Waals surface area contributed by atoms with Gasteiger partial charge in [-0.05, 0) is 42.8 Å². The summed E-state index contributed by atoms with van der Waals surface area (Å²) in [4.78, 5) is 12.2. The molecule has 3 rings (SSSR count). The summed E-state index contributed by atoms with van der Waals surface area (Å²) in [6, 6.07) is 15.1. The number of thioether (sulfide) groups is 1. The Morgan fingerprint density at radius 3 is 2.60 bits per heavy atom. The van der Waals surface area contributed by atoms with Gasteiger partial charge >= 0.3 is 0 Å². The quantitative estimate of drug-likeness (QED) is 0.683. The molecule has 128 valence electrons. The number of nitrogens with one attached hydrogen (secondary N) is 1. The minimum absolute atomic E-state index is 0.0738. The molecule has 0 spiro atoms. The maximum Gasteiger partial charge on any atom is 0.234 e. The number of halogens is 1. The number of carbonyl (C=O) groups is 1. The number of anilines is 1. The van der Waals surface area contributed by atoms with Crippen LogP contribution < -0.4 is 5.32 Å². The molecule has 0 aliphatic heterocycles. The number of nitrogens with zero attached hydrogens (tertiary/aromatic N) is 3. The SMILES string of the molecule is Cc1ccccc1NC(=O)CSc1nnc(-c2ccc(Cl)cc2)n1C. The molecule has 25 heavy (non-hydrogen) atoms. The molecular formula is C18H17ClN4OS. The predicted molar refractivity (Wildman–Crippen MR) is 102 cm³/mol. The summed E-state index contributed by atoms with van der Waals surface area (Å²) in [7, 11) is 1.88. The maximum absolute atomic E-state index is 12.2. The van der Waals surface area contributed by atoms with Crippen molar-refractivity contribution in [3.63, 3.8) is 0 Å². The molecule has 5 nitrogen and oxygen atoms in total. The summed E-state index contributed by atoms with van der Waals surface area (Å²) in [5.74, 6) is 0.926. The summed E-state index contributed by atoms with van der Waals surface area (Å²) in [5.41, 5.74) is 2.79. The van der Waals surface area contributed by atoms with Crippen LogP contribution in [0.4, 0.5) is 5.69 Å². The Labute approximate surface area is 155 Å². The lowest BCUT2D eigenvalue weighted by Gasteiger charge is -2.08. The van der Waals surface area contributed by atoms with Crippen molar-refractivity contribution in [1.82, 2.24) is 14.8 Å². The number of carbonyl (C=O) groups excluding carboxylic acids is 1. The second kappa shape index (κ2) is 7.72. The highest BCUT2D eigenvalue weighted by molar-refractivity contribution is 7.99. The van der Waals surface area contributed by atoms with E-state index < -0.39 is 0 Å². The number of amides is 1. The minimum Gasteiger partial charge on any atom is -0.325 e. The molecule has 0 saturated heterocycles. The Morgan fingerprint density at radius 2 is 1.88 bits per heavy atom. The number of para-hydroxylation sites is 1. The summed E-state index contributed by atoms with van der Waals surface area (Å²) in [6.07, 6.45) is 0. The zero-order chi connectivity index (χ0) is 17.8. The first-order valence-electron chi connectivity index (χ1n) is 7.68. The standard InChI is InChI=1S/C18H17ClN4OS/c1-12-5-3-4-6-15(12)20-16(24)11-25-18-22-21-17(23(18)2)13-7-9-14(19)10-8-13/h3-10H,11H2,1-2H3,(H,20,24). The second-order valence-corrected chi connectivity index (χ2v) is 6.90. The Bertz CT molecular complexity index is 892. The monoisotopic (exact) mass is 372 g/mol. The summed E-state index contributed by atoms with van der Waals surface area (Å²) >= 11 is 7.27. The van der Waals surface area contributed by atoms with E-state index in [1.165, 1.54) is 11.8 Å². The van der Waals surface area contributed by atoms with Gasteiger partial charge in [0, 0.05) is 23.3 Å². The molecule has 0 radical (unpaired) electrons. The normalized spacial score (nSPS) is 10.7. The number of hydrogen-bond donors (Lipinski definition) is 1. The maximum atomic E-state index is 12.2. The lowest BCUT2D eigenvalue weighted by Crippen LogP contribution is -2.15. The first kappa shape index (κ1) is 17.5. The molecule has 1 amide bonds. The Kier molecular flexibility index (Phi) is 5.40. The molecule has 1 aromatic heterocycles. The summed E-state index contributed by atoms with van der Waals surface area (Å²) in [5, 5.41) is 12.7. The van der Waals surface area contributed by atoms with Gasteiger partial charge in [-0.2, -0.15) is 0 Å². The number of benzene rings is 2. The number of rotatable bonds is 5. The summed E-state index contributed by atoms with van der Waals surface area (Å²) < 4.78 is 1.87. The molecule has 0 aliphatic carbocycles. The van der Waals surface area contributed by atoms with Crippen LogP contribution in [0.25, 0.3) is 11.4 Å². The van der Waals surface area contributed by atoms with Gasteiger partial charge in [-0.1, -0.05) is 41.6 Å². The van der Waals surface area contributed by atoms with E-state index in [0.29, 0.717) is 10.2 Å². The number of aromatic nitrogens is 3. The van der Waals surface area contributed by atoms with E-state index in [9.17, 15) is 4.79 Å². The van der Waals surface area contributed by atoms with Crippen LogP contribution in [0.1, 0.15) is 5.56 Å². The van der Waals surface area contributed by atoms with E-state index in [2.05, 4.69) is 15.5 Å². The Balaban J connectivity index is 1.65. The molecule has 1 heterocycles. The number of aryl methyl sites for hydroxylation is 1. The van der Waals surface area contributed by atoms with Crippen LogP contribution in [0.3, 0.4) is 0 Å². The van der Waals surface area contributed by atoms with Crippen molar-refractivity contribution >= 4 is 35.0 Å². The third-order valence-corrected chi connectivity index (χ3v) is 4.96. The van der Waals surface area contributed by atoms with E-state index in [4.69, 9.17) is 11.6 Å². The minimum atomic E-state index is -0.0738. The average Bonchev–Trinajstić information content (AvgIpc) is 2.97. The van der Waals surface area contributed by atoms with E-state index >= 15 is 0 Å². The molecule has 0 unspecified atom stereocenters. The molecular weight excluding hydrogens is 356 g/mol. The molecule has 0 fully saturated rings. The van der Waals surface area contributed by atoms with Crippen molar-refractivity contribution in [2.24, 2.45) is 7.05 Å². The van der Waals surface area contributed by atoms with Crippen LogP contribution in [0.2, 0.25) is 5.02 Å². The zero-order valence-electron chi connectivity index (χ0n) is 13.9. The van der Waals surface area contributed by atoms with E-state index in [0.717, 1.165) is 22.6 Å². The zero-order valence-corrected chi connectivity index (χ0v) is 15.4. The van der Waals surface area contributed by atoms with Crippen LogP contribution in [0.5, 0.6) is 0 Å². The molecule has 1 N–H and O–H groups in total. The van der Waals surface area contributed by atoms with Crippen LogP contribution in [-0.4, -0.2) is 26.4 Å². The predicted octanol–water partition coefficient (Wildman–Crippen LogP) is 4.17. The van der Waals surface area contributed by atoms with Gasteiger partial charge in [0.2, 0.25) is 5.91 Å². The highest BCUT2D eigenvalue weighted by atomic mass is 35.5. The average molecular weight is 373 g/mol. The molecule has 2 aromatic carbocycles. The van der Waals surface area contributed by atoms with Crippen molar-refractivity contribution < 1.29 is 4.79 Å². The van der Waals surface area contributed by atoms with Gasteiger partial charge < -0.3 is 9.88 Å². The van der Waals surface area contributed by atoms with Crippen molar-refractivity contribution in [3.8, 4) is 11.4 Å². The lowest BCUT2D eigenvalue weighted by atomic mass is 10.2. The van der Waals surface area contributed by atoms with Crippen LogP contribution >= 0.6 is 23.4 Å². The van der Waals surface area contributed by atoms with Gasteiger partial charge in [-0.3, -0.25) is 4.79 Å². The first-order chi connectivity index (χ1) is 12.0. The van der Waals surface area contributed by atoms with Crippen molar-refractivity contribution in [3.05, 3.63) is 59.1 Å². The van der Waals surface area contributed by atoms with E-state index in [-0.39, 0.29) is 11.7 Å². The summed E-state index contributed by atoms with van der Waals surface area (Å²) in [6.45, 7) is 1.96.